The first-order valence-corrected chi connectivity index (χ1v) is 9.21. The van der Waals surface area contributed by atoms with Gasteiger partial charge in [0.05, 0.1) is 19.3 Å². The minimum atomic E-state index is -0.765. The number of H-pyrrole nitrogens is 1. The minimum Gasteiger partial charge on any atom is -0.497 e. The Morgan fingerprint density at radius 3 is 2.52 bits per heavy atom. The molecule has 0 spiro atoms. The van der Waals surface area contributed by atoms with Gasteiger partial charge in [0.1, 0.15) is 12.3 Å². The molecule has 2 aromatic carbocycles. The van der Waals surface area contributed by atoms with Gasteiger partial charge < -0.3 is 19.4 Å². The molecule has 0 radical (unpaired) electrons. The molecule has 1 amide bonds. The molecule has 7 heteroatoms. The zero-order valence-corrected chi connectivity index (χ0v) is 16.3. The molecule has 1 N–H and O–H groups in total. The van der Waals surface area contributed by atoms with Crippen LogP contribution in [-0.4, -0.2) is 47.8 Å². The van der Waals surface area contributed by atoms with Crippen molar-refractivity contribution in [2.75, 3.05) is 20.3 Å². The molecule has 0 bridgehead atoms. The highest BCUT2D eigenvalue weighted by Crippen LogP contribution is 2.24. The van der Waals surface area contributed by atoms with Gasteiger partial charge in [-0.25, -0.2) is 0 Å². The second-order valence-electron chi connectivity index (χ2n) is 6.39. The number of Topliss-reactive ketones (excluding diaryl/α,β-unsaturated/α-hetero) is 1. The van der Waals surface area contributed by atoms with E-state index in [-0.39, 0.29) is 25.3 Å². The van der Waals surface area contributed by atoms with E-state index in [4.69, 9.17) is 9.47 Å². The summed E-state index contributed by atoms with van der Waals surface area (Å²) in [5.74, 6) is -1.38. The van der Waals surface area contributed by atoms with Crippen molar-refractivity contribution in [3.63, 3.8) is 0 Å². The first kappa shape index (κ1) is 20.1. The van der Waals surface area contributed by atoms with Gasteiger partial charge >= 0.3 is 5.97 Å². The number of fused-ring (bicyclic) bond motifs is 1. The topological polar surface area (TPSA) is 88.7 Å². The van der Waals surface area contributed by atoms with Crippen molar-refractivity contribution >= 4 is 28.6 Å². The van der Waals surface area contributed by atoms with Gasteiger partial charge in [-0.05, 0) is 24.6 Å². The van der Waals surface area contributed by atoms with Crippen LogP contribution in [0.4, 0.5) is 0 Å². The fourth-order valence-electron chi connectivity index (χ4n) is 3.04. The number of rotatable bonds is 8. The van der Waals surface area contributed by atoms with Gasteiger partial charge in [-0.15, -0.1) is 0 Å². The summed E-state index contributed by atoms with van der Waals surface area (Å²) in [7, 11) is 1.55. The average Bonchev–Trinajstić information content (AvgIpc) is 3.16. The molecule has 0 fully saturated rings. The van der Waals surface area contributed by atoms with Crippen LogP contribution in [0.2, 0.25) is 0 Å². The van der Waals surface area contributed by atoms with Gasteiger partial charge in [-0.1, -0.05) is 30.3 Å². The fraction of sp³-hybridized carbons (Fsp3) is 0.227. The van der Waals surface area contributed by atoms with Crippen LogP contribution < -0.4 is 4.74 Å². The average molecular weight is 394 g/mol. The molecule has 0 saturated carbocycles. The third-order valence-electron chi connectivity index (χ3n) is 4.46. The number of carbonyl (C=O) groups excluding carboxylic acids is 3. The van der Waals surface area contributed by atoms with E-state index in [2.05, 4.69) is 4.98 Å². The number of hydrogen-bond donors (Lipinski definition) is 1. The quantitative estimate of drug-likeness (QED) is 0.360. The highest BCUT2D eigenvalue weighted by Gasteiger charge is 2.27. The zero-order valence-electron chi connectivity index (χ0n) is 16.3. The summed E-state index contributed by atoms with van der Waals surface area (Å²) in [5, 5.41) is 0.611. The van der Waals surface area contributed by atoms with Crippen molar-refractivity contribution in [3.8, 4) is 5.75 Å². The van der Waals surface area contributed by atoms with Crippen molar-refractivity contribution in [1.29, 1.82) is 0 Å². The first-order chi connectivity index (χ1) is 14.0. The number of ether oxygens (including phenoxy) is 2. The van der Waals surface area contributed by atoms with Gasteiger partial charge in [0, 0.05) is 29.7 Å². The molecular formula is C22H22N2O5. The van der Waals surface area contributed by atoms with Crippen LogP contribution >= 0.6 is 0 Å². The SMILES string of the molecule is CCOC(=O)CN(Cc1ccccc1)C(=O)C(=O)c1c[nH]c2cc(OC)ccc12. The van der Waals surface area contributed by atoms with Crippen molar-refractivity contribution in [2.24, 2.45) is 0 Å². The number of methoxy groups -OCH3 is 1. The maximum Gasteiger partial charge on any atom is 0.325 e. The predicted molar refractivity (Wildman–Crippen MR) is 108 cm³/mol. The Bertz CT molecular complexity index is 1030. The molecule has 7 nitrogen and oxygen atoms in total. The van der Waals surface area contributed by atoms with Crippen molar-refractivity contribution in [3.05, 3.63) is 65.9 Å². The summed E-state index contributed by atoms with van der Waals surface area (Å²) in [6.45, 7) is 1.71. The fourth-order valence-corrected chi connectivity index (χ4v) is 3.04. The molecule has 150 valence electrons. The molecular weight excluding hydrogens is 372 g/mol. The number of esters is 1. The minimum absolute atomic E-state index is 0.125. The summed E-state index contributed by atoms with van der Waals surface area (Å²) in [5.41, 5.74) is 1.73. The van der Waals surface area contributed by atoms with Crippen LogP contribution in [0.15, 0.2) is 54.7 Å². The van der Waals surface area contributed by atoms with E-state index in [1.807, 2.05) is 30.3 Å². The Hall–Kier alpha value is -3.61. The Morgan fingerprint density at radius 1 is 1.07 bits per heavy atom. The highest BCUT2D eigenvalue weighted by molar-refractivity contribution is 6.45. The number of carbonyl (C=O) groups is 3. The number of aromatic nitrogens is 1. The normalized spacial score (nSPS) is 10.6. The van der Waals surface area contributed by atoms with E-state index in [1.54, 1.807) is 32.2 Å². The lowest BCUT2D eigenvalue weighted by Gasteiger charge is -2.21. The Kier molecular flexibility index (Phi) is 6.29. The lowest BCUT2D eigenvalue weighted by molar-refractivity contribution is -0.148. The molecule has 1 heterocycles. The first-order valence-electron chi connectivity index (χ1n) is 9.21. The number of ketones is 1. The number of nitrogens with one attached hydrogen (secondary N) is 1. The molecule has 3 rings (SSSR count). The molecule has 1 aromatic heterocycles. The summed E-state index contributed by atoms with van der Waals surface area (Å²) in [6.07, 6.45) is 1.50. The van der Waals surface area contributed by atoms with E-state index in [9.17, 15) is 14.4 Å². The molecule has 29 heavy (non-hydrogen) atoms. The monoisotopic (exact) mass is 394 g/mol. The number of aromatic amines is 1. The van der Waals surface area contributed by atoms with Crippen molar-refractivity contribution in [1.82, 2.24) is 9.88 Å². The zero-order chi connectivity index (χ0) is 20.8. The van der Waals surface area contributed by atoms with Gasteiger partial charge in [-0.3, -0.25) is 14.4 Å². The maximum absolute atomic E-state index is 13.0. The summed E-state index contributed by atoms with van der Waals surface area (Å²) < 4.78 is 10.1. The molecule has 0 unspecified atom stereocenters. The summed E-state index contributed by atoms with van der Waals surface area (Å²) in [4.78, 5) is 42.1. The lowest BCUT2D eigenvalue weighted by atomic mass is 10.1. The van der Waals surface area contributed by atoms with E-state index < -0.39 is 17.7 Å². The Labute approximate surface area is 168 Å². The second kappa shape index (κ2) is 9.05. The summed E-state index contributed by atoms with van der Waals surface area (Å²) >= 11 is 0. The number of hydrogen-bond acceptors (Lipinski definition) is 5. The van der Waals surface area contributed by atoms with Crippen LogP contribution in [0, 0.1) is 0 Å². The molecule has 0 aliphatic carbocycles. The van der Waals surface area contributed by atoms with Crippen LogP contribution in [0.25, 0.3) is 10.9 Å². The van der Waals surface area contributed by atoms with E-state index in [1.165, 1.54) is 11.1 Å². The van der Waals surface area contributed by atoms with Crippen LogP contribution in [-0.2, 0) is 20.9 Å². The molecule has 0 aliphatic rings. The summed E-state index contributed by atoms with van der Waals surface area (Å²) in [6, 6.07) is 14.4. The Morgan fingerprint density at radius 2 is 1.83 bits per heavy atom. The second-order valence-corrected chi connectivity index (χ2v) is 6.39. The van der Waals surface area contributed by atoms with Crippen LogP contribution in [0.5, 0.6) is 5.75 Å². The van der Waals surface area contributed by atoms with Gasteiger partial charge in [0.15, 0.2) is 0 Å². The number of benzene rings is 2. The molecule has 0 atom stereocenters. The third-order valence-corrected chi connectivity index (χ3v) is 4.46. The van der Waals surface area contributed by atoms with Gasteiger partial charge in [-0.2, -0.15) is 0 Å². The number of amides is 1. The van der Waals surface area contributed by atoms with E-state index in [0.29, 0.717) is 16.7 Å². The highest BCUT2D eigenvalue weighted by atomic mass is 16.5. The largest absolute Gasteiger partial charge is 0.497 e. The standard InChI is InChI=1S/C22H22N2O5/c1-3-29-20(25)14-24(13-15-7-5-4-6-8-15)22(27)21(26)18-12-23-19-11-16(28-2)9-10-17(18)19/h4-12,23H,3,13-14H2,1-2H3. The van der Waals surface area contributed by atoms with Crippen molar-refractivity contribution < 1.29 is 23.9 Å². The Balaban J connectivity index is 1.87. The number of nitrogens with zero attached hydrogens (tertiary/aromatic N) is 1. The molecule has 3 aromatic rings. The van der Waals surface area contributed by atoms with Gasteiger partial charge in [0.2, 0.25) is 0 Å². The van der Waals surface area contributed by atoms with Crippen LogP contribution in [0.3, 0.4) is 0 Å². The molecule has 0 aliphatic heterocycles. The van der Waals surface area contributed by atoms with E-state index >= 15 is 0 Å². The van der Waals surface area contributed by atoms with E-state index in [0.717, 1.165) is 5.56 Å². The van der Waals surface area contributed by atoms with Crippen LogP contribution in [0.1, 0.15) is 22.8 Å². The lowest BCUT2D eigenvalue weighted by Crippen LogP contribution is -2.40. The maximum atomic E-state index is 13.0. The van der Waals surface area contributed by atoms with Crippen molar-refractivity contribution in [2.45, 2.75) is 13.5 Å². The third kappa shape index (κ3) is 4.63. The van der Waals surface area contributed by atoms with Gasteiger partial charge in [0.25, 0.3) is 11.7 Å². The predicted octanol–water partition coefficient (Wildman–Crippen LogP) is 2.95. The smallest absolute Gasteiger partial charge is 0.325 e. The molecule has 0 saturated heterocycles.